The number of aryl methyl sites for hydroxylation is 1. The minimum atomic E-state index is 0.667. The Kier molecular flexibility index (Phi) is 3.25. The van der Waals surface area contributed by atoms with Gasteiger partial charge < -0.3 is 5.73 Å². The molecule has 2 aromatic rings. The second-order valence-corrected chi connectivity index (χ2v) is 5.25. The minimum absolute atomic E-state index is 0.667. The van der Waals surface area contributed by atoms with E-state index in [1.807, 2.05) is 19.2 Å². The number of hydrogen-bond acceptors (Lipinski definition) is 3. The lowest BCUT2D eigenvalue weighted by molar-refractivity contribution is 0.782. The second-order valence-electron chi connectivity index (χ2n) is 3.46. The van der Waals surface area contributed by atoms with E-state index in [0.29, 0.717) is 5.82 Å². The molecule has 0 bridgehead atoms. The molecular formula is C11H12BrN3S. The molecule has 2 rings (SSSR count). The molecular weight excluding hydrogens is 286 g/mol. The Hall–Kier alpha value is -0.940. The van der Waals surface area contributed by atoms with Crippen molar-refractivity contribution in [1.29, 1.82) is 0 Å². The summed E-state index contributed by atoms with van der Waals surface area (Å²) in [5.41, 5.74) is 7.74. The van der Waals surface area contributed by atoms with Crippen LogP contribution in [0.3, 0.4) is 0 Å². The molecule has 0 fully saturated rings. The molecule has 0 aliphatic carbocycles. The summed E-state index contributed by atoms with van der Waals surface area (Å²) in [6, 6.07) is 8.12. The maximum Gasteiger partial charge on any atom is 0.121 e. The highest BCUT2D eigenvalue weighted by Crippen LogP contribution is 2.28. The van der Waals surface area contributed by atoms with E-state index in [1.165, 1.54) is 4.90 Å². The van der Waals surface area contributed by atoms with E-state index < -0.39 is 0 Å². The van der Waals surface area contributed by atoms with Gasteiger partial charge in [0.15, 0.2) is 0 Å². The number of aromatic nitrogens is 2. The summed E-state index contributed by atoms with van der Waals surface area (Å²) in [5, 5.41) is 4.36. The van der Waals surface area contributed by atoms with Gasteiger partial charge in [0, 0.05) is 28.0 Å². The Morgan fingerprint density at radius 1 is 1.31 bits per heavy atom. The maximum atomic E-state index is 5.77. The van der Waals surface area contributed by atoms with Crippen LogP contribution in [0, 0.1) is 0 Å². The molecule has 84 valence electrons. The van der Waals surface area contributed by atoms with Crippen LogP contribution in [-0.2, 0) is 7.05 Å². The number of nitrogens with two attached hydrogens (primary N) is 1. The van der Waals surface area contributed by atoms with Crippen molar-refractivity contribution in [1.82, 2.24) is 9.78 Å². The molecule has 1 aromatic heterocycles. The molecule has 16 heavy (non-hydrogen) atoms. The van der Waals surface area contributed by atoms with Crippen molar-refractivity contribution in [2.75, 3.05) is 12.0 Å². The molecule has 0 radical (unpaired) electrons. The largest absolute Gasteiger partial charge is 0.384 e. The lowest BCUT2D eigenvalue weighted by Gasteiger charge is -2.02. The third kappa shape index (κ3) is 2.25. The number of hydrogen-bond donors (Lipinski definition) is 1. The summed E-state index contributed by atoms with van der Waals surface area (Å²) in [5.74, 6) is 0.667. The highest BCUT2D eigenvalue weighted by atomic mass is 79.9. The summed E-state index contributed by atoms with van der Waals surface area (Å²) >= 11 is 5.20. The fourth-order valence-electron chi connectivity index (χ4n) is 1.45. The van der Waals surface area contributed by atoms with Crippen molar-refractivity contribution in [2.45, 2.75) is 4.90 Å². The second kappa shape index (κ2) is 4.51. The van der Waals surface area contributed by atoms with Gasteiger partial charge in [-0.05, 0) is 24.5 Å². The number of nitrogen functional groups attached to an aromatic ring is 1. The topological polar surface area (TPSA) is 43.8 Å². The summed E-state index contributed by atoms with van der Waals surface area (Å²) < 4.78 is 2.73. The molecule has 3 nitrogen and oxygen atoms in total. The number of nitrogens with zero attached hydrogens (tertiary/aromatic N) is 2. The van der Waals surface area contributed by atoms with Crippen LogP contribution in [-0.4, -0.2) is 16.0 Å². The van der Waals surface area contributed by atoms with Gasteiger partial charge in [-0.1, -0.05) is 15.9 Å². The van der Waals surface area contributed by atoms with E-state index in [1.54, 1.807) is 16.4 Å². The van der Waals surface area contributed by atoms with E-state index in [-0.39, 0.29) is 0 Å². The third-order valence-electron chi connectivity index (χ3n) is 2.32. The predicted molar refractivity (Wildman–Crippen MR) is 72.5 cm³/mol. The van der Waals surface area contributed by atoms with Gasteiger partial charge in [-0.3, -0.25) is 4.68 Å². The number of rotatable bonds is 2. The monoisotopic (exact) mass is 297 g/mol. The molecule has 0 atom stereocenters. The standard InChI is InChI=1S/C11H12BrN3S/c1-15-11(13)6-10(14-15)7-3-8(12)5-9(4-7)16-2/h3-6H,13H2,1-2H3. The summed E-state index contributed by atoms with van der Waals surface area (Å²) in [6.07, 6.45) is 2.05. The molecule has 5 heteroatoms. The molecule has 0 spiro atoms. The van der Waals surface area contributed by atoms with Crippen molar-refractivity contribution in [2.24, 2.45) is 7.05 Å². The number of thioether (sulfide) groups is 1. The zero-order valence-corrected chi connectivity index (χ0v) is 11.5. The van der Waals surface area contributed by atoms with Gasteiger partial charge in [0.25, 0.3) is 0 Å². The molecule has 1 heterocycles. The Labute approximate surface area is 107 Å². The molecule has 0 saturated carbocycles. The van der Waals surface area contributed by atoms with Crippen LogP contribution in [0.4, 0.5) is 5.82 Å². The molecule has 0 saturated heterocycles. The molecule has 1 aromatic carbocycles. The van der Waals surface area contributed by atoms with Crippen LogP contribution < -0.4 is 5.73 Å². The number of halogens is 1. The van der Waals surface area contributed by atoms with Gasteiger partial charge in [-0.15, -0.1) is 11.8 Å². The normalized spacial score (nSPS) is 10.7. The fraction of sp³-hybridized carbons (Fsp3) is 0.182. The highest BCUT2D eigenvalue weighted by Gasteiger charge is 2.06. The van der Waals surface area contributed by atoms with Gasteiger partial charge in [-0.2, -0.15) is 5.10 Å². The van der Waals surface area contributed by atoms with Gasteiger partial charge in [0.1, 0.15) is 5.82 Å². The minimum Gasteiger partial charge on any atom is -0.384 e. The average molecular weight is 298 g/mol. The van der Waals surface area contributed by atoms with Gasteiger partial charge >= 0.3 is 0 Å². The zero-order chi connectivity index (χ0) is 11.7. The zero-order valence-electron chi connectivity index (χ0n) is 9.07. The molecule has 0 amide bonds. The first-order chi connectivity index (χ1) is 7.60. The number of anilines is 1. The van der Waals surface area contributed by atoms with Crippen LogP contribution in [0.15, 0.2) is 33.6 Å². The fourth-order valence-corrected chi connectivity index (χ4v) is 2.59. The van der Waals surface area contributed by atoms with Gasteiger partial charge in [0.05, 0.1) is 5.69 Å². The van der Waals surface area contributed by atoms with Crippen molar-refractivity contribution in [3.05, 3.63) is 28.7 Å². The Morgan fingerprint density at radius 2 is 2.06 bits per heavy atom. The Morgan fingerprint density at radius 3 is 2.62 bits per heavy atom. The first-order valence-corrected chi connectivity index (χ1v) is 6.76. The van der Waals surface area contributed by atoms with E-state index in [4.69, 9.17) is 5.73 Å². The van der Waals surface area contributed by atoms with Crippen LogP contribution in [0.1, 0.15) is 0 Å². The first kappa shape index (κ1) is 11.5. The lowest BCUT2D eigenvalue weighted by Crippen LogP contribution is -1.96. The molecule has 0 aliphatic rings. The quantitative estimate of drug-likeness (QED) is 0.866. The van der Waals surface area contributed by atoms with Crippen molar-refractivity contribution in [3.8, 4) is 11.3 Å². The molecule has 2 N–H and O–H groups in total. The van der Waals surface area contributed by atoms with E-state index in [0.717, 1.165) is 15.7 Å². The number of benzene rings is 1. The van der Waals surface area contributed by atoms with Gasteiger partial charge in [-0.25, -0.2) is 0 Å². The highest BCUT2D eigenvalue weighted by molar-refractivity contribution is 9.10. The van der Waals surface area contributed by atoms with E-state index in [9.17, 15) is 0 Å². The molecule has 0 unspecified atom stereocenters. The maximum absolute atomic E-state index is 5.77. The summed E-state index contributed by atoms with van der Waals surface area (Å²) in [7, 11) is 1.84. The van der Waals surface area contributed by atoms with Gasteiger partial charge in [0.2, 0.25) is 0 Å². The Bertz CT molecular complexity index is 502. The smallest absolute Gasteiger partial charge is 0.121 e. The third-order valence-corrected chi connectivity index (χ3v) is 3.48. The van der Waals surface area contributed by atoms with Crippen molar-refractivity contribution in [3.63, 3.8) is 0 Å². The lowest BCUT2D eigenvalue weighted by atomic mass is 10.1. The Balaban J connectivity index is 2.50. The van der Waals surface area contributed by atoms with Crippen LogP contribution in [0.5, 0.6) is 0 Å². The van der Waals surface area contributed by atoms with Crippen LogP contribution >= 0.6 is 27.7 Å². The van der Waals surface area contributed by atoms with Crippen molar-refractivity contribution < 1.29 is 0 Å². The average Bonchev–Trinajstić information content (AvgIpc) is 2.58. The van der Waals surface area contributed by atoms with E-state index >= 15 is 0 Å². The predicted octanol–water partition coefficient (Wildman–Crippen LogP) is 3.15. The molecule has 0 aliphatic heterocycles. The van der Waals surface area contributed by atoms with E-state index in [2.05, 4.69) is 39.4 Å². The summed E-state index contributed by atoms with van der Waals surface area (Å²) in [6.45, 7) is 0. The van der Waals surface area contributed by atoms with Crippen molar-refractivity contribution >= 4 is 33.5 Å². The van der Waals surface area contributed by atoms with Crippen LogP contribution in [0.25, 0.3) is 11.3 Å². The summed E-state index contributed by atoms with van der Waals surface area (Å²) in [4.78, 5) is 1.20. The first-order valence-electron chi connectivity index (χ1n) is 4.74. The SMILES string of the molecule is CSc1cc(Br)cc(-c2cc(N)n(C)n2)c1. The van der Waals surface area contributed by atoms with Crippen LogP contribution in [0.2, 0.25) is 0 Å².